The summed E-state index contributed by atoms with van der Waals surface area (Å²) in [5, 5.41) is 1.37. The summed E-state index contributed by atoms with van der Waals surface area (Å²) in [4.78, 5) is 16.3. The van der Waals surface area contributed by atoms with Crippen molar-refractivity contribution in [3.8, 4) is 0 Å². The number of hydrogen-bond donors (Lipinski definition) is 0. The van der Waals surface area contributed by atoms with E-state index in [-0.39, 0.29) is 11.7 Å². The van der Waals surface area contributed by atoms with E-state index in [4.69, 9.17) is 4.74 Å². The van der Waals surface area contributed by atoms with Crippen LogP contribution in [0.15, 0.2) is 35.8 Å². The van der Waals surface area contributed by atoms with Gasteiger partial charge in [0.05, 0.1) is 11.1 Å². The first kappa shape index (κ1) is 20.8. The molecule has 0 saturated carbocycles. The number of rotatable bonds is 7. The highest BCUT2D eigenvalue weighted by Gasteiger charge is 2.34. The predicted octanol–water partition coefficient (Wildman–Crippen LogP) is 5.66. The molecule has 1 aromatic carbocycles. The van der Waals surface area contributed by atoms with E-state index in [0.29, 0.717) is 28.9 Å². The van der Waals surface area contributed by atoms with Crippen molar-refractivity contribution in [1.29, 1.82) is 0 Å². The Morgan fingerprint density at radius 2 is 1.96 bits per heavy atom. The summed E-state index contributed by atoms with van der Waals surface area (Å²) in [7, 11) is -1.21. The zero-order chi connectivity index (χ0) is 20.5. The normalized spacial score (nSPS) is 12.6. The fraction of sp³-hybridized carbons (Fsp3) is 0.368. The lowest BCUT2D eigenvalue weighted by atomic mass is 10.1. The van der Waals surface area contributed by atoms with Gasteiger partial charge >= 0.3 is 6.18 Å². The molecule has 2 aromatic heterocycles. The van der Waals surface area contributed by atoms with Crippen molar-refractivity contribution in [1.82, 2.24) is 9.55 Å². The van der Waals surface area contributed by atoms with Crippen LogP contribution >= 0.6 is 11.3 Å². The van der Waals surface area contributed by atoms with E-state index in [1.807, 2.05) is 16.7 Å². The van der Waals surface area contributed by atoms with E-state index in [2.05, 4.69) is 24.6 Å². The number of nitrogens with zero attached hydrogens (tertiary/aromatic N) is 2. The molecular weight excluding hydrogens is 405 g/mol. The van der Waals surface area contributed by atoms with Crippen LogP contribution in [0.5, 0.6) is 0 Å². The lowest BCUT2D eigenvalue weighted by Crippen LogP contribution is -2.21. The highest BCUT2D eigenvalue weighted by atomic mass is 32.1. The maximum Gasteiger partial charge on any atom is 0.434 e. The second-order valence-corrected chi connectivity index (χ2v) is 14.2. The Kier molecular flexibility index (Phi) is 5.78. The first-order valence-electron chi connectivity index (χ1n) is 8.79. The number of carbonyl (C=O) groups excluding carboxylic acids is 1. The molecule has 0 spiro atoms. The number of alkyl halides is 3. The molecule has 2 heterocycles. The molecule has 0 radical (unpaired) electrons. The minimum Gasteiger partial charge on any atom is -0.361 e. The summed E-state index contributed by atoms with van der Waals surface area (Å²) in [6, 6.07) is 8.30. The summed E-state index contributed by atoms with van der Waals surface area (Å²) in [6.07, 6.45) is -2.93. The molecule has 0 atom stereocenters. The van der Waals surface area contributed by atoms with E-state index in [9.17, 15) is 18.0 Å². The summed E-state index contributed by atoms with van der Waals surface area (Å²) >= 11 is 0.705. The van der Waals surface area contributed by atoms with Crippen LogP contribution in [0.25, 0.3) is 10.9 Å². The van der Waals surface area contributed by atoms with Crippen molar-refractivity contribution in [2.45, 2.75) is 38.6 Å². The summed E-state index contributed by atoms with van der Waals surface area (Å²) in [6.45, 7) is 7.71. The number of ether oxygens (including phenoxy) is 1. The Hall–Kier alpha value is -1.97. The molecule has 0 N–H and O–H groups in total. The maximum atomic E-state index is 12.8. The third-order valence-electron chi connectivity index (χ3n) is 4.25. The van der Waals surface area contributed by atoms with Gasteiger partial charge in [0.25, 0.3) is 0 Å². The highest BCUT2D eigenvalue weighted by molar-refractivity contribution is 7.12. The van der Waals surface area contributed by atoms with Crippen molar-refractivity contribution in [3.05, 3.63) is 52.1 Å². The number of halogens is 3. The standard InChI is InChI=1S/C19H21F3N2O2SSi/c1-28(2,3)9-8-26-12-24-10-14(13-6-4-5-7-15(13)24)17(25)18-23-16(11-27-18)19(20,21)22/h4-7,10-11H,8-9,12H2,1-3H3. The number of benzene rings is 1. The van der Waals surface area contributed by atoms with E-state index < -0.39 is 25.7 Å². The van der Waals surface area contributed by atoms with Crippen LogP contribution < -0.4 is 0 Å². The second kappa shape index (κ2) is 7.80. The molecule has 4 nitrogen and oxygen atoms in total. The molecule has 0 aliphatic rings. The fourth-order valence-corrected chi connectivity index (χ4v) is 4.23. The molecule has 0 bridgehead atoms. The topological polar surface area (TPSA) is 44.1 Å². The highest BCUT2D eigenvalue weighted by Crippen LogP contribution is 2.31. The van der Waals surface area contributed by atoms with Gasteiger partial charge in [-0.1, -0.05) is 37.8 Å². The first-order chi connectivity index (χ1) is 13.1. The monoisotopic (exact) mass is 426 g/mol. The number of aromatic nitrogens is 2. The van der Waals surface area contributed by atoms with Crippen LogP contribution in [0.4, 0.5) is 13.2 Å². The van der Waals surface area contributed by atoms with E-state index in [0.717, 1.165) is 16.9 Å². The Balaban J connectivity index is 1.85. The van der Waals surface area contributed by atoms with Crippen LogP contribution in [0.3, 0.4) is 0 Å². The minimum atomic E-state index is -4.56. The Morgan fingerprint density at radius 3 is 2.61 bits per heavy atom. The van der Waals surface area contributed by atoms with Crippen molar-refractivity contribution in [2.75, 3.05) is 6.61 Å². The van der Waals surface area contributed by atoms with Crippen LogP contribution in [0.1, 0.15) is 21.1 Å². The molecular formula is C19H21F3N2O2SSi. The van der Waals surface area contributed by atoms with Crippen LogP contribution in [-0.2, 0) is 17.6 Å². The summed E-state index contributed by atoms with van der Waals surface area (Å²) in [5.41, 5.74) is 0.0817. The van der Waals surface area contributed by atoms with Crippen LogP contribution in [0, 0.1) is 0 Å². The molecule has 9 heteroatoms. The second-order valence-electron chi connectivity index (χ2n) is 7.74. The van der Waals surface area contributed by atoms with Crippen LogP contribution in [-0.4, -0.2) is 30.0 Å². The van der Waals surface area contributed by atoms with Gasteiger partial charge in [0, 0.05) is 31.6 Å². The van der Waals surface area contributed by atoms with E-state index in [1.165, 1.54) is 0 Å². The molecule has 0 aliphatic heterocycles. The predicted molar refractivity (Wildman–Crippen MR) is 107 cm³/mol. The quantitative estimate of drug-likeness (QED) is 0.278. The van der Waals surface area contributed by atoms with E-state index in [1.54, 1.807) is 18.3 Å². The molecule has 3 aromatic rings. The Labute approximate surface area is 166 Å². The number of fused-ring (bicyclic) bond motifs is 1. The first-order valence-corrected chi connectivity index (χ1v) is 13.4. The van der Waals surface area contributed by atoms with Gasteiger partial charge in [-0.25, -0.2) is 4.98 Å². The maximum absolute atomic E-state index is 12.8. The molecule has 0 saturated heterocycles. The van der Waals surface area contributed by atoms with Gasteiger partial charge in [-0.3, -0.25) is 4.79 Å². The molecule has 0 unspecified atom stereocenters. The van der Waals surface area contributed by atoms with Gasteiger partial charge in [0.15, 0.2) is 10.7 Å². The number of para-hydroxylation sites is 1. The summed E-state index contributed by atoms with van der Waals surface area (Å²) in [5.74, 6) is -0.516. The van der Waals surface area contributed by atoms with Gasteiger partial charge in [0.1, 0.15) is 6.73 Å². The van der Waals surface area contributed by atoms with Gasteiger partial charge < -0.3 is 9.30 Å². The van der Waals surface area contributed by atoms with Crippen molar-refractivity contribution in [2.24, 2.45) is 0 Å². The smallest absolute Gasteiger partial charge is 0.361 e. The summed E-state index contributed by atoms with van der Waals surface area (Å²) < 4.78 is 46.0. The average molecular weight is 427 g/mol. The van der Waals surface area contributed by atoms with Gasteiger partial charge in [0.2, 0.25) is 5.78 Å². The average Bonchev–Trinajstić information content (AvgIpc) is 3.23. The molecule has 3 rings (SSSR count). The van der Waals surface area contributed by atoms with Crippen LogP contribution in [0.2, 0.25) is 25.7 Å². The third kappa shape index (κ3) is 4.71. The van der Waals surface area contributed by atoms with Crippen molar-refractivity contribution < 1.29 is 22.7 Å². The lowest BCUT2D eigenvalue weighted by Gasteiger charge is -2.15. The van der Waals surface area contributed by atoms with Crippen molar-refractivity contribution in [3.63, 3.8) is 0 Å². The van der Waals surface area contributed by atoms with Gasteiger partial charge in [-0.05, 0) is 12.1 Å². The molecule has 0 amide bonds. The minimum absolute atomic E-state index is 0.171. The third-order valence-corrected chi connectivity index (χ3v) is 6.79. The molecule has 150 valence electrons. The van der Waals surface area contributed by atoms with Gasteiger partial charge in [-0.15, -0.1) is 11.3 Å². The largest absolute Gasteiger partial charge is 0.434 e. The Morgan fingerprint density at radius 1 is 1.25 bits per heavy atom. The number of carbonyl (C=O) groups is 1. The Bertz CT molecular complexity index is 989. The van der Waals surface area contributed by atoms with E-state index >= 15 is 0 Å². The lowest BCUT2D eigenvalue weighted by molar-refractivity contribution is -0.140. The molecule has 0 fully saturated rings. The molecule has 28 heavy (non-hydrogen) atoms. The fourth-order valence-electron chi connectivity index (χ4n) is 2.70. The number of ketones is 1. The SMILES string of the molecule is C[Si](C)(C)CCOCn1cc(C(=O)c2nc(C(F)(F)F)cs2)c2ccccc21. The zero-order valence-electron chi connectivity index (χ0n) is 15.8. The van der Waals surface area contributed by atoms with Gasteiger partial charge in [-0.2, -0.15) is 13.2 Å². The zero-order valence-corrected chi connectivity index (χ0v) is 17.7. The number of thiazole rings is 1. The number of hydrogen-bond acceptors (Lipinski definition) is 4. The molecule has 0 aliphatic carbocycles. The van der Waals surface area contributed by atoms with Crippen molar-refractivity contribution >= 4 is 36.1 Å².